The van der Waals surface area contributed by atoms with E-state index in [2.05, 4.69) is 68.8 Å². The molecule has 2 aliphatic rings. The Labute approximate surface area is 184 Å². The number of aliphatic imine (C=N–C) groups is 1. The molecule has 2 aliphatic heterocycles. The Morgan fingerprint density at radius 3 is 2.90 bits per heavy atom. The van der Waals surface area contributed by atoms with E-state index in [4.69, 9.17) is 4.74 Å². The second-order valence-electron chi connectivity index (χ2n) is 8.41. The largest absolute Gasteiger partial charge is 0.370 e. The quantitative estimate of drug-likeness (QED) is 0.581. The lowest BCUT2D eigenvalue weighted by atomic mass is 9.98. The first kappa shape index (κ1) is 21.3. The first-order valence-corrected chi connectivity index (χ1v) is 12.0. The Balaban J connectivity index is 1.30. The number of piperidine rings is 1. The minimum Gasteiger partial charge on any atom is -0.370 e. The van der Waals surface area contributed by atoms with Crippen LogP contribution in [0.25, 0.3) is 0 Å². The summed E-state index contributed by atoms with van der Waals surface area (Å²) >= 11 is 1.86. The molecule has 162 valence electrons. The average molecular weight is 427 g/mol. The van der Waals surface area contributed by atoms with Crippen molar-refractivity contribution in [3.05, 3.63) is 57.8 Å². The molecule has 4 rings (SSSR count). The van der Waals surface area contributed by atoms with Crippen molar-refractivity contribution in [1.29, 1.82) is 0 Å². The number of ether oxygens (including phenoxy) is 1. The summed E-state index contributed by atoms with van der Waals surface area (Å²) in [7, 11) is 1.89. The third-order valence-corrected chi connectivity index (χ3v) is 7.09. The number of morpholine rings is 1. The van der Waals surface area contributed by atoms with Crippen LogP contribution < -0.4 is 5.32 Å². The number of nitrogens with zero attached hydrogens (tertiary/aromatic N) is 3. The van der Waals surface area contributed by atoms with Crippen molar-refractivity contribution < 1.29 is 4.74 Å². The summed E-state index contributed by atoms with van der Waals surface area (Å²) in [5, 5.41) is 5.85. The second kappa shape index (κ2) is 10.4. The van der Waals surface area contributed by atoms with Gasteiger partial charge in [-0.05, 0) is 54.8 Å². The molecule has 30 heavy (non-hydrogen) atoms. The first-order chi connectivity index (χ1) is 14.7. The second-order valence-corrected chi connectivity index (χ2v) is 9.45. The van der Waals surface area contributed by atoms with Crippen LogP contribution in [-0.2, 0) is 11.3 Å². The molecule has 6 heteroatoms. The smallest absolute Gasteiger partial charge is 0.193 e. The molecule has 0 aliphatic carbocycles. The molecule has 2 atom stereocenters. The molecule has 0 amide bonds. The van der Waals surface area contributed by atoms with Crippen molar-refractivity contribution in [2.75, 3.05) is 46.4 Å². The number of hydrogen-bond donors (Lipinski definition) is 1. The standard InChI is InChI=1S/C24H34N4OS/c1-19-7-3-4-10-22(19)23-18-28(12-13-29-23)24(25-2)26-15-20-8-5-11-27(16-20)17-21-9-6-14-30-21/h3-4,6-7,9-10,14,20,23H,5,8,11-13,15-18H2,1-2H3,(H,25,26). The monoisotopic (exact) mass is 426 g/mol. The molecule has 2 fully saturated rings. The number of nitrogens with one attached hydrogen (secondary N) is 1. The zero-order valence-electron chi connectivity index (χ0n) is 18.2. The van der Waals surface area contributed by atoms with Gasteiger partial charge in [0.15, 0.2) is 5.96 Å². The van der Waals surface area contributed by atoms with Crippen LogP contribution >= 0.6 is 11.3 Å². The Kier molecular flexibility index (Phi) is 7.42. The summed E-state index contributed by atoms with van der Waals surface area (Å²) in [6, 6.07) is 12.9. The predicted octanol–water partition coefficient (Wildman–Crippen LogP) is 3.92. The summed E-state index contributed by atoms with van der Waals surface area (Å²) in [4.78, 5) is 11.0. The van der Waals surface area contributed by atoms with Crippen molar-refractivity contribution in [2.45, 2.75) is 32.4 Å². The number of guanidine groups is 1. The Bertz CT molecular complexity index is 822. The van der Waals surface area contributed by atoms with Crippen LogP contribution in [0, 0.1) is 12.8 Å². The van der Waals surface area contributed by atoms with Gasteiger partial charge in [0.1, 0.15) is 6.10 Å². The predicted molar refractivity (Wildman–Crippen MR) is 125 cm³/mol. The van der Waals surface area contributed by atoms with Crippen LogP contribution in [0.5, 0.6) is 0 Å². The first-order valence-electron chi connectivity index (χ1n) is 11.1. The topological polar surface area (TPSA) is 40.1 Å². The van der Waals surface area contributed by atoms with Gasteiger partial charge in [0.2, 0.25) is 0 Å². The fourth-order valence-electron chi connectivity index (χ4n) is 4.63. The lowest BCUT2D eigenvalue weighted by Crippen LogP contribution is -2.50. The summed E-state index contributed by atoms with van der Waals surface area (Å²) in [6.07, 6.45) is 2.68. The van der Waals surface area contributed by atoms with Crippen LogP contribution in [-0.4, -0.2) is 62.1 Å². The zero-order valence-corrected chi connectivity index (χ0v) is 19.0. The number of aryl methyl sites for hydroxylation is 1. The van der Waals surface area contributed by atoms with Gasteiger partial charge in [-0.15, -0.1) is 11.3 Å². The van der Waals surface area contributed by atoms with Gasteiger partial charge in [-0.3, -0.25) is 9.89 Å². The van der Waals surface area contributed by atoms with E-state index < -0.39 is 0 Å². The van der Waals surface area contributed by atoms with Gasteiger partial charge >= 0.3 is 0 Å². The van der Waals surface area contributed by atoms with Gasteiger partial charge in [0, 0.05) is 38.1 Å². The minimum absolute atomic E-state index is 0.106. The normalized spacial score (nSPS) is 23.5. The van der Waals surface area contributed by atoms with E-state index in [1.807, 2.05) is 18.4 Å². The average Bonchev–Trinajstić information content (AvgIpc) is 3.28. The molecule has 0 spiro atoms. The highest BCUT2D eigenvalue weighted by Gasteiger charge is 2.26. The van der Waals surface area contributed by atoms with Crippen molar-refractivity contribution in [3.63, 3.8) is 0 Å². The van der Waals surface area contributed by atoms with Gasteiger partial charge in [-0.1, -0.05) is 30.3 Å². The lowest BCUT2D eigenvalue weighted by Gasteiger charge is -2.37. The van der Waals surface area contributed by atoms with E-state index in [1.54, 1.807) is 0 Å². The molecular formula is C24H34N4OS. The maximum Gasteiger partial charge on any atom is 0.193 e. The number of thiophene rings is 1. The summed E-state index contributed by atoms with van der Waals surface area (Å²) in [6.45, 7) is 9.08. The Hall–Kier alpha value is -1.89. The van der Waals surface area contributed by atoms with Gasteiger partial charge < -0.3 is 15.0 Å². The molecule has 5 nitrogen and oxygen atoms in total. The van der Waals surface area contributed by atoms with E-state index in [0.717, 1.165) is 45.3 Å². The van der Waals surface area contributed by atoms with Crippen LogP contribution in [0.4, 0.5) is 0 Å². The Morgan fingerprint density at radius 1 is 1.20 bits per heavy atom. The zero-order chi connectivity index (χ0) is 20.8. The molecule has 2 unspecified atom stereocenters. The summed E-state index contributed by atoms with van der Waals surface area (Å²) in [5.41, 5.74) is 2.58. The van der Waals surface area contributed by atoms with Crippen LogP contribution in [0.1, 0.15) is 34.9 Å². The van der Waals surface area contributed by atoms with Gasteiger partial charge in [0.05, 0.1) is 13.2 Å². The molecule has 1 aromatic carbocycles. The number of rotatable bonds is 5. The SMILES string of the molecule is CN=C(NCC1CCCN(Cc2cccs2)C1)N1CCOC(c2ccccc2C)C1. The highest BCUT2D eigenvalue weighted by atomic mass is 32.1. The van der Waals surface area contributed by atoms with Gasteiger partial charge in [0.25, 0.3) is 0 Å². The molecule has 2 aromatic rings. The molecule has 0 saturated carbocycles. The van der Waals surface area contributed by atoms with E-state index in [9.17, 15) is 0 Å². The molecule has 0 radical (unpaired) electrons. The van der Waals surface area contributed by atoms with Crippen molar-refractivity contribution in [2.24, 2.45) is 10.9 Å². The number of benzene rings is 1. The van der Waals surface area contributed by atoms with Crippen LogP contribution in [0.2, 0.25) is 0 Å². The summed E-state index contributed by atoms with van der Waals surface area (Å²) in [5.74, 6) is 1.68. The maximum atomic E-state index is 6.10. The van der Waals surface area contributed by atoms with E-state index >= 15 is 0 Å². The van der Waals surface area contributed by atoms with Crippen LogP contribution in [0.3, 0.4) is 0 Å². The van der Waals surface area contributed by atoms with Crippen molar-refractivity contribution in [1.82, 2.24) is 15.1 Å². The van der Waals surface area contributed by atoms with Crippen molar-refractivity contribution in [3.8, 4) is 0 Å². The summed E-state index contributed by atoms with van der Waals surface area (Å²) < 4.78 is 6.10. The van der Waals surface area contributed by atoms with Crippen molar-refractivity contribution >= 4 is 17.3 Å². The molecule has 2 saturated heterocycles. The molecular weight excluding hydrogens is 392 g/mol. The molecule has 1 N–H and O–H groups in total. The highest BCUT2D eigenvalue weighted by Crippen LogP contribution is 2.25. The van der Waals surface area contributed by atoms with Gasteiger partial charge in [-0.2, -0.15) is 0 Å². The molecule has 1 aromatic heterocycles. The maximum absolute atomic E-state index is 6.10. The molecule has 3 heterocycles. The third-order valence-electron chi connectivity index (χ3n) is 6.22. The third kappa shape index (κ3) is 5.42. The number of likely N-dealkylation sites (tertiary alicyclic amines) is 1. The highest BCUT2D eigenvalue weighted by molar-refractivity contribution is 7.09. The number of hydrogen-bond acceptors (Lipinski definition) is 4. The minimum atomic E-state index is 0.106. The Morgan fingerprint density at radius 2 is 2.10 bits per heavy atom. The van der Waals surface area contributed by atoms with Gasteiger partial charge in [-0.25, -0.2) is 0 Å². The fourth-order valence-corrected chi connectivity index (χ4v) is 5.38. The fraction of sp³-hybridized carbons (Fsp3) is 0.542. The lowest BCUT2D eigenvalue weighted by molar-refractivity contribution is -0.00842. The van der Waals surface area contributed by atoms with E-state index in [1.165, 1.54) is 35.4 Å². The molecule has 0 bridgehead atoms. The van der Waals surface area contributed by atoms with Crippen LogP contribution in [0.15, 0.2) is 46.8 Å². The van der Waals surface area contributed by atoms with E-state index in [-0.39, 0.29) is 6.10 Å². The van der Waals surface area contributed by atoms with E-state index in [0.29, 0.717) is 5.92 Å².